The van der Waals surface area contributed by atoms with Crippen molar-refractivity contribution in [1.82, 2.24) is 10.6 Å². The number of aliphatic imine (C=N–C) groups is 1. The van der Waals surface area contributed by atoms with E-state index in [2.05, 4.69) is 15.6 Å². The fourth-order valence-electron chi connectivity index (χ4n) is 4.32. The molecule has 2 N–H and O–H groups in total. The minimum Gasteiger partial charge on any atom is -0.460 e. The van der Waals surface area contributed by atoms with Gasteiger partial charge in [0, 0.05) is 18.7 Å². The monoisotopic (exact) mass is 675 g/mol. The molecule has 0 aromatic heterocycles. The fraction of sp³-hybridized carbons (Fsp3) is 0.667. The molecule has 1 aromatic rings. The molecule has 1 aromatic carbocycles. The molecule has 12 heteroatoms. The maximum absolute atomic E-state index is 13.2. The molecule has 0 saturated carbocycles. The van der Waals surface area contributed by atoms with E-state index in [0.29, 0.717) is 57.2 Å². The summed E-state index contributed by atoms with van der Waals surface area (Å²) in [5, 5.41) is 5.42. The first-order valence-electron chi connectivity index (χ1n) is 16.7. The number of unbranched alkanes of at least 4 members (excludes halogenated alkanes) is 3. The lowest BCUT2D eigenvalue weighted by molar-refractivity contribution is -0.153. The number of alkyl carbamates (subject to hydrolysis) is 2. The first-order chi connectivity index (χ1) is 22.2. The Morgan fingerprint density at radius 3 is 1.92 bits per heavy atom. The van der Waals surface area contributed by atoms with Gasteiger partial charge in [-0.3, -0.25) is 9.59 Å². The molecule has 1 atom stereocenters. The van der Waals surface area contributed by atoms with Gasteiger partial charge in [0.25, 0.3) is 0 Å². The Hall–Kier alpha value is -3.96. The number of rotatable bonds is 17. The molecule has 1 rings (SSSR count). The van der Waals surface area contributed by atoms with E-state index in [1.54, 1.807) is 62.3 Å². The zero-order valence-corrected chi connectivity index (χ0v) is 30.4. The van der Waals surface area contributed by atoms with Crippen molar-refractivity contribution in [2.75, 3.05) is 6.54 Å². The lowest BCUT2D eigenvalue weighted by Crippen LogP contribution is -2.43. The summed E-state index contributed by atoms with van der Waals surface area (Å²) in [5.74, 6) is -0.642. The number of ether oxygens (including phenoxy) is 4. The predicted molar refractivity (Wildman–Crippen MR) is 184 cm³/mol. The van der Waals surface area contributed by atoms with Gasteiger partial charge in [0.15, 0.2) is 5.78 Å². The molecular formula is C36H57N3O9. The Morgan fingerprint density at radius 1 is 0.708 bits per heavy atom. The first kappa shape index (κ1) is 42.1. The predicted octanol–water partition coefficient (Wildman–Crippen LogP) is 7.60. The van der Waals surface area contributed by atoms with E-state index in [1.165, 1.54) is 0 Å². The number of amides is 3. The number of esters is 1. The smallest absolute Gasteiger partial charge is 0.434 e. The lowest BCUT2D eigenvalue weighted by Gasteiger charge is -2.23. The topological polar surface area (TPSA) is 159 Å². The second kappa shape index (κ2) is 20.4. The molecule has 1 unspecified atom stereocenters. The van der Waals surface area contributed by atoms with E-state index in [4.69, 9.17) is 18.9 Å². The molecule has 0 saturated heterocycles. The second-order valence-corrected chi connectivity index (χ2v) is 14.6. The van der Waals surface area contributed by atoms with Crippen LogP contribution < -0.4 is 10.6 Å². The summed E-state index contributed by atoms with van der Waals surface area (Å²) in [6.07, 6.45) is 1.66. The van der Waals surface area contributed by atoms with Crippen LogP contribution in [-0.2, 0) is 35.1 Å². The summed E-state index contributed by atoms with van der Waals surface area (Å²) in [6, 6.07) is 8.62. The highest BCUT2D eigenvalue weighted by Gasteiger charge is 2.25. The highest BCUT2D eigenvalue weighted by molar-refractivity contribution is 6.03. The normalized spacial score (nSPS) is 12.8. The number of carbonyl (C=O) groups is 5. The van der Waals surface area contributed by atoms with Crippen LogP contribution in [0.1, 0.15) is 126 Å². The van der Waals surface area contributed by atoms with Gasteiger partial charge in [0.1, 0.15) is 23.4 Å². The van der Waals surface area contributed by atoms with Crippen molar-refractivity contribution in [3.8, 4) is 0 Å². The van der Waals surface area contributed by atoms with Crippen LogP contribution in [0, 0.1) is 0 Å². The quantitative estimate of drug-likeness (QED) is 0.0734. The maximum atomic E-state index is 13.2. The Morgan fingerprint density at radius 2 is 1.31 bits per heavy atom. The summed E-state index contributed by atoms with van der Waals surface area (Å²) in [7, 11) is 0. The van der Waals surface area contributed by atoms with E-state index >= 15 is 0 Å². The van der Waals surface area contributed by atoms with Crippen molar-refractivity contribution in [3.05, 3.63) is 35.9 Å². The van der Waals surface area contributed by atoms with Gasteiger partial charge in [-0.05, 0) is 100.0 Å². The minimum absolute atomic E-state index is 0.132. The SMILES string of the molecule is CC(C)(C)OC(=O)CC(CCCCC(NC(=O)OC(C)(C)C)C(=O)CCCCCNC(=O)OCc1ccccc1)=NC(=O)OC(C)(C)C. The van der Waals surface area contributed by atoms with Gasteiger partial charge in [0.2, 0.25) is 0 Å². The van der Waals surface area contributed by atoms with Crippen LogP contribution in [0.15, 0.2) is 35.3 Å². The molecule has 0 fully saturated rings. The number of nitrogens with one attached hydrogen (secondary N) is 2. The molecule has 0 heterocycles. The number of Topliss-reactive ketones (excluding diaryl/α,β-unsaturated/α-hetero) is 1. The van der Waals surface area contributed by atoms with Gasteiger partial charge < -0.3 is 29.6 Å². The summed E-state index contributed by atoms with van der Waals surface area (Å²) in [6.45, 7) is 16.3. The fourth-order valence-corrected chi connectivity index (χ4v) is 4.32. The van der Waals surface area contributed by atoms with Crippen LogP contribution in [0.3, 0.4) is 0 Å². The number of hydrogen-bond donors (Lipinski definition) is 2. The summed E-state index contributed by atoms with van der Waals surface area (Å²) in [4.78, 5) is 66.6. The van der Waals surface area contributed by atoms with Crippen LogP contribution in [-0.4, -0.2) is 65.1 Å². The first-order valence-corrected chi connectivity index (χ1v) is 16.7. The molecule has 3 amide bonds. The van der Waals surface area contributed by atoms with Gasteiger partial charge >= 0.3 is 24.2 Å². The van der Waals surface area contributed by atoms with E-state index in [0.717, 1.165) is 5.56 Å². The van der Waals surface area contributed by atoms with Gasteiger partial charge in [-0.1, -0.05) is 43.2 Å². The van der Waals surface area contributed by atoms with E-state index in [1.807, 2.05) is 30.3 Å². The van der Waals surface area contributed by atoms with E-state index in [9.17, 15) is 24.0 Å². The molecule has 0 bridgehead atoms. The molecule has 48 heavy (non-hydrogen) atoms. The third-order valence-corrected chi connectivity index (χ3v) is 6.28. The van der Waals surface area contributed by atoms with Gasteiger partial charge in [-0.25, -0.2) is 14.4 Å². The number of hydrogen-bond acceptors (Lipinski definition) is 9. The molecule has 0 aliphatic rings. The Bertz CT molecular complexity index is 1210. The number of benzene rings is 1. The Kier molecular flexibility index (Phi) is 17.9. The van der Waals surface area contributed by atoms with Crippen LogP contribution in [0.25, 0.3) is 0 Å². The second-order valence-electron chi connectivity index (χ2n) is 14.6. The van der Waals surface area contributed by atoms with Gasteiger partial charge in [-0.2, -0.15) is 4.99 Å². The average molecular weight is 676 g/mol. The van der Waals surface area contributed by atoms with Crippen molar-refractivity contribution in [3.63, 3.8) is 0 Å². The van der Waals surface area contributed by atoms with Crippen LogP contribution in [0.5, 0.6) is 0 Å². The van der Waals surface area contributed by atoms with Gasteiger partial charge in [-0.15, -0.1) is 0 Å². The standard InChI is InChI=1S/C36H57N3O9/c1-34(2,3)46-30(41)24-27(38-32(43)47-35(4,5)6)20-15-16-21-28(39-33(44)48-36(7,8)9)29(40)22-14-11-17-23-37-31(42)45-25-26-18-12-10-13-19-26/h10,12-13,18-19,28H,11,14-17,20-25H2,1-9H3,(H,37,42)(H,39,44). The molecule has 0 aliphatic heterocycles. The maximum Gasteiger partial charge on any atom is 0.434 e. The number of carbonyl (C=O) groups excluding carboxylic acids is 5. The van der Waals surface area contributed by atoms with E-state index in [-0.39, 0.29) is 25.2 Å². The number of ketones is 1. The zero-order chi connectivity index (χ0) is 36.4. The summed E-state index contributed by atoms with van der Waals surface area (Å²) < 4.78 is 21.3. The minimum atomic E-state index is -0.792. The third-order valence-electron chi connectivity index (χ3n) is 6.28. The number of nitrogens with zero attached hydrogens (tertiary/aromatic N) is 1. The average Bonchev–Trinajstić information content (AvgIpc) is 2.92. The molecule has 12 nitrogen and oxygen atoms in total. The molecule has 0 spiro atoms. The summed E-state index contributed by atoms with van der Waals surface area (Å²) in [5.41, 5.74) is -0.958. The van der Waals surface area contributed by atoms with Gasteiger partial charge in [0.05, 0.1) is 12.5 Å². The molecule has 0 radical (unpaired) electrons. The molecular weight excluding hydrogens is 618 g/mol. The lowest BCUT2D eigenvalue weighted by atomic mass is 9.99. The van der Waals surface area contributed by atoms with Crippen LogP contribution in [0.2, 0.25) is 0 Å². The highest BCUT2D eigenvalue weighted by Crippen LogP contribution is 2.16. The van der Waals surface area contributed by atoms with Crippen molar-refractivity contribution in [1.29, 1.82) is 0 Å². The van der Waals surface area contributed by atoms with Crippen LogP contribution in [0.4, 0.5) is 14.4 Å². The largest absolute Gasteiger partial charge is 0.460 e. The summed E-state index contributed by atoms with van der Waals surface area (Å²) >= 11 is 0. The van der Waals surface area contributed by atoms with Crippen molar-refractivity contribution in [2.24, 2.45) is 4.99 Å². The van der Waals surface area contributed by atoms with Crippen molar-refractivity contribution < 1.29 is 42.9 Å². The van der Waals surface area contributed by atoms with Crippen LogP contribution >= 0.6 is 0 Å². The molecule has 270 valence electrons. The molecule has 0 aliphatic carbocycles. The van der Waals surface area contributed by atoms with Crippen molar-refractivity contribution >= 4 is 35.7 Å². The highest BCUT2D eigenvalue weighted by atomic mass is 16.6. The third kappa shape index (κ3) is 22.5. The Labute approximate surface area is 286 Å². The zero-order valence-electron chi connectivity index (χ0n) is 30.4. The van der Waals surface area contributed by atoms with Crippen molar-refractivity contribution in [2.45, 2.75) is 150 Å². The Balaban J connectivity index is 2.68. The van der Waals surface area contributed by atoms with E-state index < -0.39 is 47.1 Å².